The second-order valence-electron chi connectivity index (χ2n) is 9.44. The van der Waals surface area contributed by atoms with Crippen molar-refractivity contribution in [2.75, 3.05) is 0 Å². The molecule has 0 spiro atoms. The zero-order valence-corrected chi connectivity index (χ0v) is 16.9. The number of fused-ring (bicyclic) bond motifs is 8. The van der Waals surface area contributed by atoms with Crippen LogP contribution in [0.25, 0.3) is 0 Å². The van der Waals surface area contributed by atoms with Gasteiger partial charge in [0, 0.05) is 11.8 Å². The molecule has 0 aromatic carbocycles. The fourth-order valence-corrected chi connectivity index (χ4v) is 6.39. The highest BCUT2D eigenvalue weighted by atomic mass is 16.5. The molecule has 0 aromatic heterocycles. The van der Waals surface area contributed by atoms with Crippen molar-refractivity contribution in [3.8, 4) is 0 Å². The highest BCUT2D eigenvalue weighted by Crippen LogP contribution is 2.66. The van der Waals surface area contributed by atoms with Gasteiger partial charge in [0.25, 0.3) is 0 Å². The summed E-state index contributed by atoms with van der Waals surface area (Å²) in [5.41, 5.74) is -1.68. The highest BCUT2D eigenvalue weighted by Gasteiger charge is 2.76. The predicted molar refractivity (Wildman–Crippen MR) is 96.7 cm³/mol. The Bertz CT molecular complexity index is 892. The number of hydrogen-bond donors (Lipinski definition) is 0. The summed E-state index contributed by atoms with van der Waals surface area (Å²) >= 11 is 0. The third-order valence-corrected chi connectivity index (χ3v) is 8.21. The molecule has 148 valence electrons. The van der Waals surface area contributed by atoms with E-state index < -0.39 is 34.2 Å². The maximum atomic E-state index is 13.7. The standard InChI is InChI=1S/C22H24O6/c1-7-9(3)27-17-11(7)21(5)13-16(24)18-12(8(2)10(4)28-18)22(6,20(13)26)14(15(17)23)19(21)25/h7-10,13-14H,1-6H3/t7-,8-,9-,10+,13+,14-,21-,22+/m1/s1. The molecule has 5 aliphatic rings. The lowest BCUT2D eigenvalue weighted by atomic mass is 9.42. The molecule has 1 saturated carbocycles. The van der Waals surface area contributed by atoms with E-state index in [0.717, 1.165) is 0 Å². The summed E-state index contributed by atoms with van der Waals surface area (Å²) in [6, 6.07) is 0. The summed E-state index contributed by atoms with van der Waals surface area (Å²) in [4.78, 5) is 54.4. The largest absolute Gasteiger partial charge is 0.486 e. The lowest BCUT2D eigenvalue weighted by Crippen LogP contribution is -2.68. The van der Waals surface area contributed by atoms with Gasteiger partial charge >= 0.3 is 0 Å². The predicted octanol–water partition coefficient (Wildman–Crippen LogP) is 2.17. The Morgan fingerprint density at radius 3 is 1.29 bits per heavy atom. The lowest BCUT2D eigenvalue weighted by molar-refractivity contribution is -0.167. The number of ether oxygens (including phenoxy) is 2. The van der Waals surface area contributed by atoms with E-state index in [1.165, 1.54) is 0 Å². The van der Waals surface area contributed by atoms with Gasteiger partial charge in [0.1, 0.15) is 24.0 Å². The van der Waals surface area contributed by atoms with E-state index in [-0.39, 0.29) is 47.1 Å². The molecule has 8 atom stereocenters. The van der Waals surface area contributed by atoms with Gasteiger partial charge in [-0.2, -0.15) is 0 Å². The SMILES string of the molecule is C[C@@H]1OC2=C([C@@H]1C)[C@]1(C)C(=O)[C@H](C2=O)[C@]2(C)C(=O)[C@H]1C(=O)C1=C2[C@H](C)[C@@H](C)O1. The summed E-state index contributed by atoms with van der Waals surface area (Å²) in [5, 5.41) is 0. The van der Waals surface area contributed by atoms with Crippen LogP contribution in [0.5, 0.6) is 0 Å². The topological polar surface area (TPSA) is 86.7 Å². The third-order valence-electron chi connectivity index (χ3n) is 8.21. The number of allylic oxidation sites excluding steroid dienone is 2. The van der Waals surface area contributed by atoms with Crippen LogP contribution in [0, 0.1) is 34.5 Å². The lowest BCUT2D eigenvalue weighted by Gasteiger charge is -2.55. The molecule has 2 aliphatic heterocycles. The Hall–Kier alpha value is -2.24. The van der Waals surface area contributed by atoms with Crippen molar-refractivity contribution in [2.24, 2.45) is 34.5 Å². The highest BCUT2D eigenvalue weighted by molar-refractivity contribution is 6.30. The summed E-state index contributed by atoms with van der Waals surface area (Å²) in [5.74, 6) is -3.85. The maximum Gasteiger partial charge on any atom is 0.209 e. The van der Waals surface area contributed by atoms with E-state index in [0.29, 0.717) is 11.1 Å². The molecule has 0 amide bonds. The zero-order valence-electron chi connectivity index (χ0n) is 16.9. The second-order valence-corrected chi connectivity index (χ2v) is 9.44. The first kappa shape index (κ1) is 17.8. The first-order chi connectivity index (χ1) is 13.0. The molecule has 0 aromatic rings. The smallest absolute Gasteiger partial charge is 0.209 e. The molecule has 6 nitrogen and oxygen atoms in total. The molecule has 28 heavy (non-hydrogen) atoms. The number of hydrogen-bond acceptors (Lipinski definition) is 6. The summed E-state index contributed by atoms with van der Waals surface area (Å²) in [7, 11) is 0. The van der Waals surface area contributed by atoms with Crippen LogP contribution in [0.4, 0.5) is 0 Å². The fourth-order valence-electron chi connectivity index (χ4n) is 6.39. The third kappa shape index (κ3) is 1.53. The van der Waals surface area contributed by atoms with Crippen molar-refractivity contribution < 1.29 is 28.7 Å². The van der Waals surface area contributed by atoms with E-state index in [9.17, 15) is 19.2 Å². The summed E-state index contributed by atoms with van der Waals surface area (Å²) < 4.78 is 11.8. The van der Waals surface area contributed by atoms with Gasteiger partial charge in [-0.1, -0.05) is 13.8 Å². The first-order valence-corrected chi connectivity index (χ1v) is 9.98. The number of carbonyl (C=O) groups excluding carboxylic acids is 4. The van der Waals surface area contributed by atoms with Crippen LogP contribution in [0.1, 0.15) is 41.5 Å². The number of rotatable bonds is 0. The zero-order chi connectivity index (χ0) is 20.5. The van der Waals surface area contributed by atoms with E-state index in [4.69, 9.17) is 9.47 Å². The molecule has 0 radical (unpaired) electrons. The van der Waals surface area contributed by atoms with Gasteiger partial charge in [0.2, 0.25) is 11.6 Å². The molecule has 0 unspecified atom stereocenters. The molecular weight excluding hydrogens is 360 g/mol. The minimum absolute atomic E-state index is 0.201. The van der Waals surface area contributed by atoms with Crippen LogP contribution in [-0.4, -0.2) is 35.3 Å². The van der Waals surface area contributed by atoms with Crippen LogP contribution < -0.4 is 0 Å². The van der Waals surface area contributed by atoms with Gasteiger partial charge in [-0.05, 0) is 38.8 Å². The number of ketones is 4. The Labute approximate surface area is 163 Å². The maximum absolute atomic E-state index is 13.7. The Balaban J connectivity index is 1.86. The second kappa shape index (κ2) is 4.84. The van der Waals surface area contributed by atoms with E-state index in [1.807, 2.05) is 27.7 Å². The molecular formula is C22H24O6. The monoisotopic (exact) mass is 384 g/mol. The quantitative estimate of drug-likeness (QED) is 0.595. The van der Waals surface area contributed by atoms with Crippen molar-refractivity contribution in [1.29, 1.82) is 0 Å². The minimum atomic E-state index is -1.36. The van der Waals surface area contributed by atoms with Crippen molar-refractivity contribution in [3.63, 3.8) is 0 Å². The van der Waals surface area contributed by atoms with Gasteiger partial charge < -0.3 is 9.47 Å². The van der Waals surface area contributed by atoms with Gasteiger partial charge in [0.05, 0.1) is 10.8 Å². The summed E-state index contributed by atoms with van der Waals surface area (Å²) in [6.07, 6.45) is -0.573. The van der Waals surface area contributed by atoms with Gasteiger partial charge in [-0.25, -0.2) is 0 Å². The first-order valence-electron chi connectivity index (χ1n) is 9.98. The van der Waals surface area contributed by atoms with Crippen molar-refractivity contribution in [1.82, 2.24) is 0 Å². The molecule has 2 heterocycles. The minimum Gasteiger partial charge on any atom is -0.486 e. The van der Waals surface area contributed by atoms with Gasteiger partial charge in [0.15, 0.2) is 23.1 Å². The van der Waals surface area contributed by atoms with Crippen LogP contribution in [0.15, 0.2) is 22.7 Å². The van der Waals surface area contributed by atoms with Gasteiger partial charge in [-0.15, -0.1) is 0 Å². The van der Waals surface area contributed by atoms with Crippen LogP contribution in [-0.2, 0) is 28.7 Å². The van der Waals surface area contributed by atoms with Crippen molar-refractivity contribution >= 4 is 23.1 Å². The van der Waals surface area contributed by atoms with Crippen molar-refractivity contribution in [3.05, 3.63) is 22.7 Å². The van der Waals surface area contributed by atoms with E-state index in [1.54, 1.807) is 13.8 Å². The number of carbonyl (C=O) groups is 4. The average molecular weight is 384 g/mol. The molecule has 1 fully saturated rings. The normalized spacial score (nSPS) is 49.2. The summed E-state index contributed by atoms with van der Waals surface area (Å²) in [6.45, 7) is 10.7. The molecule has 6 heteroatoms. The van der Waals surface area contributed by atoms with Crippen LogP contribution >= 0.6 is 0 Å². The van der Waals surface area contributed by atoms with Crippen LogP contribution in [0.3, 0.4) is 0 Å². The number of Topliss-reactive ketones (excluding diaryl/α,β-unsaturated/α-hetero) is 4. The Morgan fingerprint density at radius 2 is 0.964 bits per heavy atom. The van der Waals surface area contributed by atoms with E-state index in [2.05, 4.69) is 0 Å². The molecule has 0 saturated heterocycles. The fraction of sp³-hybridized carbons (Fsp3) is 0.636. The molecule has 0 N–H and O–H groups in total. The van der Waals surface area contributed by atoms with Crippen molar-refractivity contribution in [2.45, 2.75) is 53.8 Å². The van der Waals surface area contributed by atoms with Gasteiger partial charge in [-0.3, -0.25) is 19.2 Å². The molecule has 5 rings (SSSR count). The van der Waals surface area contributed by atoms with E-state index >= 15 is 0 Å². The molecule has 4 bridgehead atoms. The molecule has 3 aliphatic carbocycles. The Morgan fingerprint density at radius 1 is 0.643 bits per heavy atom. The van der Waals surface area contributed by atoms with Crippen LogP contribution in [0.2, 0.25) is 0 Å². The Kier molecular flexibility index (Phi) is 3.08. The average Bonchev–Trinajstić information content (AvgIpc) is 3.09.